The van der Waals surface area contributed by atoms with Gasteiger partial charge in [0.15, 0.2) is 11.6 Å². The van der Waals surface area contributed by atoms with Gasteiger partial charge in [0.25, 0.3) is 0 Å². The number of hydrogen-bond acceptors (Lipinski definition) is 3. The summed E-state index contributed by atoms with van der Waals surface area (Å²) in [6, 6.07) is 9.13. The second kappa shape index (κ2) is 4.13. The summed E-state index contributed by atoms with van der Waals surface area (Å²) in [4.78, 5) is 0. The Bertz CT molecular complexity index is 436. The lowest BCUT2D eigenvalue weighted by molar-refractivity contribution is 0.436. The van der Waals surface area contributed by atoms with E-state index in [-0.39, 0.29) is 6.67 Å². The number of anilines is 1. The number of aromatic nitrogens is 1. The highest BCUT2D eigenvalue weighted by molar-refractivity contribution is 5.60. The lowest BCUT2D eigenvalue weighted by atomic mass is 10.1. The molecular weight excluding hydrogens is 195 g/mol. The van der Waals surface area contributed by atoms with Crippen molar-refractivity contribution in [2.45, 2.75) is 6.42 Å². The summed E-state index contributed by atoms with van der Waals surface area (Å²) in [7, 11) is 0. The Morgan fingerprint density at radius 1 is 1.27 bits per heavy atom. The minimum Gasteiger partial charge on any atom is -0.381 e. The monoisotopic (exact) mass is 206 g/mol. The molecule has 4 heteroatoms. The molecule has 2 aromatic rings. The highest BCUT2D eigenvalue weighted by atomic mass is 19.1. The molecule has 0 atom stereocenters. The number of alkyl halides is 1. The Morgan fingerprint density at radius 3 is 2.53 bits per heavy atom. The topological polar surface area (TPSA) is 52.0 Å². The third kappa shape index (κ3) is 2.15. The van der Waals surface area contributed by atoms with Crippen LogP contribution in [0.25, 0.3) is 11.3 Å². The Labute approximate surface area is 86.7 Å². The zero-order chi connectivity index (χ0) is 10.7. The van der Waals surface area contributed by atoms with Crippen LogP contribution in [0.4, 0.5) is 10.2 Å². The molecule has 0 saturated carbocycles. The summed E-state index contributed by atoms with van der Waals surface area (Å²) in [6.45, 7) is -0.339. The van der Waals surface area contributed by atoms with Crippen molar-refractivity contribution in [2.24, 2.45) is 0 Å². The van der Waals surface area contributed by atoms with Crippen LogP contribution in [0.3, 0.4) is 0 Å². The number of nitrogens with two attached hydrogens (primary N) is 1. The number of nitrogens with zero attached hydrogens (tertiary/aromatic N) is 1. The van der Waals surface area contributed by atoms with Gasteiger partial charge in [0.2, 0.25) is 0 Å². The van der Waals surface area contributed by atoms with Crippen LogP contribution in [-0.4, -0.2) is 11.8 Å². The minimum atomic E-state index is -0.339. The second-order valence-corrected chi connectivity index (χ2v) is 3.25. The molecule has 78 valence electrons. The molecule has 0 saturated heterocycles. The highest BCUT2D eigenvalue weighted by Crippen LogP contribution is 2.21. The van der Waals surface area contributed by atoms with E-state index < -0.39 is 0 Å². The molecule has 0 aliphatic rings. The number of aryl methyl sites for hydroxylation is 1. The van der Waals surface area contributed by atoms with E-state index in [9.17, 15) is 4.39 Å². The van der Waals surface area contributed by atoms with Gasteiger partial charge in [0.1, 0.15) is 0 Å². The molecule has 1 heterocycles. The van der Waals surface area contributed by atoms with E-state index >= 15 is 0 Å². The molecule has 1 aromatic heterocycles. The van der Waals surface area contributed by atoms with Crippen LogP contribution in [0.2, 0.25) is 0 Å². The average Bonchev–Trinajstić information content (AvgIpc) is 2.67. The van der Waals surface area contributed by atoms with E-state index in [0.29, 0.717) is 18.0 Å². The zero-order valence-corrected chi connectivity index (χ0v) is 8.11. The van der Waals surface area contributed by atoms with Gasteiger partial charge < -0.3 is 10.3 Å². The first kappa shape index (κ1) is 9.71. The quantitative estimate of drug-likeness (QED) is 0.839. The maximum atomic E-state index is 12.1. The summed E-state index contributed by atoms with van der Waals surface area (Å²) >= 11 is 0. The second-order valence-electron chi connectivity index (χ2n) is 3.25. The molecule has 0 fully saturated rings. The Hall–Kier alpha value is -1.84. The molecule has 0 aliphatic heterocycles. The van der Waals surface area contributed by atoms with E-state index in [4.69, 9.17) is 10.3 Å². The van der Waals surface area contributed by atoms with E-state index in [0.717, 1.165) is 11.1 Å². The van der Waals surface area contributed by atoms with Crippen molar-refractivity contribution in [3.8, 4) is 11.3 Å². The number of benzene rings is 1. The number of rotatable bonds is 3. The van der Waals surface area contributed by atoms with Crippen LogP contribution in [0.15, 0.2) is 34.9 Å². The van der Waals surface area contributed by atoms with Crippen LogP contribution in [0.5, 0.6) is 0 Å². The van der Waals surface area contributed by atoms with Crippen molar-refractivity contribution in [3.05, 3.63) is 35.9 Å². The average molecular weight is 206 g/mol. The van der Waals surface area contributed by atoms with Gasteiger partial charge in [0.05, 0.1) is 6.67 Å². The molecule has 2 rings (SSSR count). The third-order valence-corrected chi connectivity index (χ3v) is 2.15. The van der Waals surface area contributed by atoms with Gasteiger partial charge in [-0.2, -0.15) is 0 Å². The van der Waals surface area contributed by atoms with Gasteiger partial charge in [-0.1, -0.05) is 29.4 Å². The fourth-order valence-electron chi connectivity index (χ4n) is 1.37. The summed E-state index contributed by atoms with van der Waals surface area (Å²) < 4.78 is 17.1. The molecule has 1 aromatic carbocycles. The first-order valence-corrected chi connectivity index (χ1v) is 4.67. The van der Waals surface area contributed by atoms with E-state index in [1.165, 1.54) is 0 Å². The van der Waals surface area contributed by atoms with Crippen LogP contribution < -0.4 is 5.73 Å². The summed E-state index contributed by atoms with van der Waals surface area (Å²) in [5.74, 6) is 0.983. The molecule has 0 aliphatic carbocycles. The molecule has 0 spiro atoms. The molecule has 15 heavy (non-hydrogen) atoms. The summed E-state index contributed by atoms with van der Waals surface area (Å²) in [5.41, 5.74) is 7.30. The standard InChI is InChI=1S/C11H11FN2O/c12-6-5-8-1-3-9(4-2-8)10-7-11(13)14-15-10/h1-4,7H,5-6H2,(H2,13,14). The summed E-state index contributed by atoms with van der Waals surface area (Å²) in [5, 5.41) is 3.59. The zero-order valence-electron chi connectivity index (χ0n) is 8.11. The predicted molar refractivity (Wildman–Crippen MR) is 56.0 cm³/mol. The van der Waals surface area contributed by atoms with Gasteiger partial charge in [-0.05, 0) is 5.56 Å². The Balaban J connectivity index is 2.23. The van der Waals surface area contributed by atoms with Gasteiger partial charge >= 0.3 is 0 Å². The van der Waals surface area contributed by atoms with Gasteiger partial charge in [-0.25, -0.2) is 0 Å². The maximum Gasteiger partial charge on any atom is 0.169 e. The van der Waals surface area contributed by atoms with Crippen LogP contribution >= 0.6 is 0 Å². The third-order valence-electron chi connectivity index (χ3n) is 2.15. The lowest BCUT2D eigenvalue weighted by Crippen LogP contribution is -1.85. The van der Waals surface area contributed by atoms with Crippen LogP contribution in [-0.2, 0) is 6.42 Å². The van der Waals surface area contributed by atoms with Gasteiger partial charge in [-0.3, -0.25) is 4.39 Å². The number of hydrogen-bond donors (Lipinski definition) is 1. The molecule has 0 unspecified atom stereocenters. The summed E-state index contributed by atoms with van der Waals surface area (Å²) in [6.07, 6.45) is 0.443. The van der Waals surface area contributed by atoms with Crippen molar-refractivity contribution in [2.75, 3.05) is 12.4 Å². The first-order valence-electron chi connectivity index (χ1n) is 4.67. The van der Waals surface area contributed by atoms with Crippen molar-refractivity contribution >= 4 is 5.82 Å². The largest absolute Gasteiger partial charge is 0.381 e. The molecule has 0 radical (unpaired) electrons. The number of nitrogen functional groups attached to an aromatic ring is 1. The smallest absolute Gasteiger partial charge is 0.169 e. The number of halogens is 1. The van der Waals surface area contributed by atoms with Crippen molar-refractivity contribution in [1.29, 1.82) is 0 Å². The van der Waals surface area contributed by atoms with Crippen LogP contribution in [0, 0.1) is 0 Å². The molecular formula is C11H11FN2O. The highest BCUT2D eigenvalue weighted by Gasteiger charge is 2.04. The van der Waals surface area contributed by atoms with Crippen molar-refractivity contribution in [1.82, 2.24) is 5.16 Å². The predicted octanol–water partition coefficient (Wildman–Crippen LogP) is 2.44. The molecule has 0 bridgehead atoms. The lowest BCUT2D eigenvalue weighted by Gasteiger charge is -1.98. The first-order chi connectivity index (χ1) is 7.29. The molecule has 2 N–H and O–H groups in total. The normalized spacial score (nSPS) is 10.5. The Kier molecular flexibility index (Phi) is 2.67. The maximum absolute atomic E-state index is 12.1. The van der Waals surface area contributed by atoms with Crippen LogP contribution in [0.1, 0.15) is 5.56 Å². The Morgan fingerprint density at radius 2 is 2.00 bits per heavy atom. The molecule has 3 nitrogen and oxygen atoms in total. The van der Waals surface area contributed by atoms with E-state index in [1.807, 2.05) is 24.3 Å². The van der Waals surface area contributed by atoms with Crippen molar-refractivity contribution in [3.63, 3.8) is 0 Å². The fourth-order valence-corrected chi connectivity index (χ4v) is 1.37. The van der Waals surface area contributed by atoms with E-state index in [2.05, 4.69) is 5.16 Å². The SMILES string of the molecule is Nc1cc(-c2ccc(CCF)cc2)on1. The van der Waals surface area contributed by atoms with Crippen molar-refractivity contribution < 1.29 is 8.91 Å². The minimum absolute atomic E-state index is 0.339. The van der Waals surface area contributed by atoms with Gasteiger partial charge in [-0.15, -0.1) is 0 Å². The fraction of sp³-hybridized carbons (Fsp3) is 0.182. The molecule has 0 amide bonds. The van der Waals surface area contributed by atoms with E-state index in [1.54, 1.807) is 6.07 Å². The van der Waals surface area contributed by atoms with Gasteiger partial charge in [0, 0.05) is 18.1 Å².